The second kappa shape index (κ2) is 5.64. The molecular formula is C13H16N4O2. The van der Waals surface area contributed by atoms with E-state index in [4.69, 9.17) is 5.73 Å². The number of hydrogen-bond acceptors (Lipinski definition) is 4. The first kappa shape index (κ1) is 13.3. The van der Waals surface area contributed by atoms with Gasteiger partial charge in [-0.15, -0.1) is 0 Å². The molecule has 0 bridgehead atoms. The summed E-state index contributed by atoms with van der Waals surface area (Å²) in [7, 11) is 0. The van der Waals surface area contributed by atoms with E-state index in [9.17, 15) is 9.90 Å². The summed E-state index contributed by atoms with van der Waals surface area (Å²) in [6.45, 7) is 1.84. The van der Waals surface area contributed by atoms with Crippen molar-refractivity contribution in [2.75, 3.05) is 11.9 Å². The molecule has 1 amide bonds. The number of aryl methyl sites for hydroxylation is 1. The average molecular weight is 260 g/mol. The molecule has 1 unspecified atom stereocenters. The van der Waals surface area contributed by atoms with Gasteiger partial charge in [0.15, 0.2) is 0 Å². The Labute approximate surface area is 110 Å². The molecule has 1 aromatic carbocycles. The third-order valence-electron chi connectivity index (χ3n) is 2.83. The van der Waals surface area contributed by atoms with Gasteiger partial charge in [-0.2, -0.15) is 5.10 Å². The highest BCUT2D eigenvalue weighted by Gasteiger charge is 2.13. The number of aliphatic hydroxyl groups excluding tert-OH is 1. The highest BCUT2D eigenvalue weighted by molar-refractivity contribution is 5.94. The van der Waals surface area contributed by atoms with Crippen LogP contribution in [0.2, 0.25) is 0 Å². The maximum atomic E-state index is 11.5. The number of aromatic nitrogens is 2. The molecule has 100 valence electrons. The number of H-pyrrole nitrogens is 1. The summed E-state index contributed by atoms with van der Waals surface area (Å²) < 4.78 is 0. The third kappa shape index (κ3) is 2.98. The minimum atomic E-state index is -1.19. The Bertz CT molecular complexity index is 566. The number of carbonyl (C=O) groups is 1. The molecule has 1 aromatic heterocycles. The van der Waals surface area contributed by atoms with Gasteiger partial charge in [0.05, 0.1) is 6.20 Å². The van der Waals surface area contributed by atoms with Gasteiger partial charge < -0.3 is 16.2 Å². The molecule has 2 rings (SSSR count). The van der Waals surface area contributed by atoms with Gasteiger partial charge in [-0.3, -0.25) is 9.89 Å². The number of nitrogens with one attached hydrogen (secondary N) is 2. The molecule has 0 fully saturated rings. The highest BCUT2D eigenvalue weighted by atomic mass is 16.3. The van der Waals surface area contributed by atoms with E-state index in [1.54, 1.807) is 18.5 Å². The molecule has 0 spiro atoms. The van der Waals surface area contributed by atoms with Crippen molar-refractivity contribution in [3.05, 3.63) is 36.2 Å². The van der Waals surface area contributed by atoms with Gasteiger partial charge in [0.25, 0.3) is 5.91 Å². The Morgan fingerprint density at radius 2 is 2.37 bits per heavy atom. The molecule has 0 saturated carbocycles. The monoisotopic (exact) mass is 260 g/mol. The number of hydrogen-bond donors (Lipinski definition) is 4. The van der Waals surface area contributed by atoms with E-state index < -0.39 is 12.0 Å². The van der Waals surface area contributed by atoms with E-state index in [1.165, 1.54) is 0 Å². The van der Waals surface area contributed by atoms with Gasteiger partial charge in [0.2, 0.25) is 0 Å². The van der Waals surface area contributed by atoms with Crippen LogP contribution in [0.1, 0.15) is 5.56 Å². The maximum absolute atomic E-state index is 11.5. The van der Waals surface area contributed by atoms with Crippen molar-refractivity contribution in [1.29, 1.82) is 0 Å². The molecule has 19 heavy (non-hydrogen) atoms. The zero-order valence-electron chi connectivity index (χ0n) is 10.6. The van der Waals surface area contributed by atoms with Crippen LogP contribution in [0, 0.1) is 6.92 Å². The summed E-state index contributed by atoms with van der Waals surface area (Å²) in [6.07, 6.45) is 2.35. The van der Waals surface area contributed by atoms with Gasteiger partial charge in [0.1, 0.15) is 6.10 Å². The van der Waals surface area contributed by atoms with E-state index in [1.807, 2.05) is 19.1 Å². The Kier molecular flexibility index (Phi) is 3.94. The quantitative estimate of drug-likeness (QED) is 0.647. The average Bonchev–Trinajstić information content (AvgIpc) is 2.91. The summed E-state index contributed by atoms with van der Waals surface area (Å²) in [5, 5.41) is 18.6. The summed E-state index contributed by atoms with van der Waals surface area (Å²) in [6, 6.07) is 5.50. The largest absolute Gasteiger partial charge is 0.382 e. The highest BCUT2D eigenvalue weighted by Crippen LogP contribution is 2.24. The van der Waals surface area contributed by atoms with Crippen LogP contribution in [0.25, 0.3) is 11.1 Å². The van der Waals surface area contributed by atoms with Gasteiger partial charge in [0, 0.05) is 24.0 Å². The van der Waals surface area contributed by atoms with Crippen LogP contribution in [-0.4, -0.2) is 33.9 Å². The topological polar surface area (TPSA) is 104 Å². The van der Waals surface area contributed by atoms with Crippen molar-refractivity contribution >= 4 is 11.6 Å². The van der Waals surface area contributed by atoms with Crippen LogP contribution in [0.5, 0.6) is 0 Å². The Balaban J connectivity index is 2.18. The fourth-order valence-electron chi connectivity index (χ4n) is 1.80. The van der Waals surface area contributed by atoms with Crippen molar-refractivity contribution in [2.24, 2.45) is 5.73 Å². The van der Waals surface area contributed by atoms with E-state index in [0.717, 1.165) is 16.7 Å². The molecule has 0 aliphatic heterocycles. The number of nitrogens with two attached hydrogens (primary N) is 1. The van der Waals surface area contributed by atoms with Crippen molar-refractivity contribution in [3.63, 3.8) is 0 Å². The number of amides is 1. The normalized spacial score (nSPS) is 12.2. The number of aliphatic hydroxyl groups is 1. The molecule has 6 nitrogen and oxygen atoms in total. The molecule has 1 atom stereocenters. The molecule has 5 N–H and O–H groups in total. The van der Waals surface area contributed by atoms with E-state index >= 15 is 0 Å². The van der Waals surface area contributed by atoms with Crippen LogP contribution >= 0.6 is 0 Å². The van der Waals surface area contributed by atoms with E-state index in [2.05, 4.69) is 15.5 Å². The number of nitrogens with zero attached hydrogens (tertiary/aromatic N) is 1. The van der Waals surface area contributed by atoms with Gasteiger partial charge in [-0.25, -0.2) is 0 Å². The van der Waals surface area contributed by atoms with Gasteiger partial charge >= 0.3 is 0 Å². The standard InChI is InChI=1S/C13H16N4O2/c1-8-4-10(17-13(19)12(18)5-14)2-3-11(8)9-6-15-16-7-9/h2-4,6-7,12,18H,5,14H2,1H3,(H,15,16)(H,17,19). The minimum Gasteiger partial charge on any atom is -0.382 e. The Morgan fingerprint density at radius 1 is 1.58 bits per heavy atom. The second-order valence-electron chi connectivity index (χ2n) is 4.26. The molecule has 0 aliphatic carbocycles. The number of rotatable bonds is 4. The van der Waals surface area contributed by atoms with Crippen molar-refractivity contribution in [1.82, 2.24) is 10.2 Å². The Morgan fingerprint density at radius 3 is 2.95 bits per heavy atom. The summed E-state index contributed by atoms with van der Waals surface area (Å²) >= 11 is 0. The second-order valence-corrected chi connectivity index (χ2v) is 4.26. The molecule has 0 saturated heterocycles. The lowest BCUT2D eigenvalue weighted by Crippen LogP contribution is -2.34. The summed E-state index contributed by atoms with van der Waals surface area (Å²) in [5.74, 6) is -0.502. The lowest BCUT2D eigenvalue weighted by molar-refractivity contribution is -0.123. The number of benzene rings is 1. The van der Waals surface area contributed by atoms with Crippen LogP contribution in [-0.2, 0) is 4.79 Å². The SMILES string of the molecule is Cc1cc(NC(=O)C(O)CN)ccc1-c1cn[nH]c1. The molecule has 2 aromatic rings. The smallest absolute Gasteiger partial charge is 0.254 e. The fraction of sp³-hybridized carbons (Fsp3) is 0.231. The first-order chi connectivity index (χ1) is 9.11. The fourth-order valence-corrected chi connectivity index (χ4v) is 1.80. The molecule has 1 heterocycles. The molecule has 0 radical (unpaired) electrons. The van der Waals surface area contributed by atoms with Crippen molar-refractivity contribution < 1.29 is 9.90 Å². The minimum absolute atomic E-state index is 0.0993. The van der Waals surface area contributed by atoms with Crippen LogP contribution in [0.15, 0.2) is 30.6 Å². The molecule has 0 aliphatic rings. The predicted octanol–water partition coefficient (Wildman–Crippen LogP) is 0.643. The van der Waals surface area contributed by atoms with Crippen LogP contribution < -0.4 is 11.1 Å². The van der Waals surface area contributed by atoms with Gasteiger partial charge in [-0.05, 0) is 30.2 Å². The summed E-state index contributed by atoms with van der Waals surface area (Å²) in [5.41, 5.74) is 8.87. The number of anilines is 1. The summed E-state index contributed by atoms with van der Waals surface area (Å²) in [4.78, 5) is 11.5. The van der Waals surface area contributed by atoms with Crippen LogP contribution in [0.4, 0.5) is 5.69 Å². The van der Waals surface area contributed by atoms with Crippen molar-refractivity contribution in [3.8, 4) is 11.1 Å². The number of carbonyl (C=O) groups excluding carboxylic acids is 1. The maximum Gasteiger partial charge on any atom is 0.254 e. The first-order valence-corrected chi connectivity index (χ1v) is 5.90. The van der Waals surface area contributed by atoms with Gasteiger partial charge in [-0.1, -0.05) is 6.07 Å². The molecular weight excluding hydrogens is 244 g/mol. The first-order valence-electron chi connectivity index (χ1n) is 5.90. The molecule has 6 heteroatoms. The lowest BCUT2D eigenvalue weighted by atomic mass is 10.0. The van der Waals surface area contributed by atoms with Crippen molar-refractivity contribution in [2.45, 2.75) is 13.0 Å². The zero-order valence-corrected chi connectivity index (χ0v) is 10.6. The van der Waals surface area contributed by atoms with E-state index in [-0.39, 0.29) is 6.54 Å². The van der Waals surface area contributed by atoms with Crippen LogP contribution in [0.3, 0.4) is 0 Å². The zero-order chi connectivity index (χ0) is 13.8. The number of aromatic amines is 1. The predicted molar refractivity (Wildman–Crippen MR) is 72.5 cm³/mol. The third-order valence-corrected chi connectivity index (χ3v) is 2.83. The lowest BCUT2D eigenvalue weighted by Gasteiger charge is -2.11. The van der Waals surface area contributed by atoms with E-state index in [0.29, 0.717) is 5.69 Å². The Hall–Kier alpha value is -2.18.